The van der Waals surface area contributed by atoms with E-state index in [0.29, 0.717) is 12.0 Å². The van der Waals surface area contributed by atoms with Crippen LogP contribution in [0, 0.1) is 5.82 Å². The molecule has 1 amide bonds. The van der Waals surface area contributed by atoms with Crippen LogP contribution in [0.1, 0.15) is 57.4 Å². The average molecular weight is 311 g/mol. The highest BCUT2D eigenvalue weighted by Gasteiger charge is 2.11. The zero-order valence-corrected chi connectivity index (χ0v) is 13.5. The molecule has 0 radical (unpaired) electrons. The van der Waals surface area contributed by atoms with Crippen LogP contribution in [0.15, 0.2) is 12.1 Å². The van der Waals surface area contributed by atoms with Crippen molar-refractivity contribution in [2.24, 2.45) is 0 Å². The van der Waals surface area contributed by atoms with Gasteiger partial charge in [-0.2, -0.15) is 0 Å². The lowest BCUT2D eigenvalue weighted by Gasteiger charge is -2.09. The van der Waals surface area contributed by atoms with Crippen LogP contribution in [0.2, 0.25) is 0 Å². The molecule has 0 saturated carbocycles. The molecule has 22 heavy (non-hydrogen) atoms. The molecule has 0 spiro atoms. The lowest BCUT2D eigenvalue weighted by atomic mass is 10.1. The SMILES string of the molecule is CCCCCCCCC(=O)NCc1cc(F)c(O)c(OC)c1. The van der Waals surface area contributed by atoms with E-state index in [4.69, 9.17) is 4.74 Å². The lowest BCUT2D eigenvalue weighted by Crippen LogP contribution is -2.22. The van der Waals surface area contributed by atoms with Crippen LogP contribution in [0.4, 0.5) is 4.39 Å². The van der Waals surface area contributed by atoms with Gasteiger partial charge in [0, 0.05) is 13.0 Å². The molecule has 0 unspecified atom stereocenters. The molecule has 0 aliphatic carbocycles. The molecule has 0 aliphatic rings. The molecule has 0 saturated heterocycles. The van der Waals surface area contributed by atoms with Crippen LogP contribution in [0.3, 0.4) is 0 Å². The van der Waals surface area contributed by atoms with Gasteiger partial charge < -0.3 is 15.2 Å². The highest BCUT2D eigenvalue weighted by molar-refractivity contribution is 5.75. The molecule has 0 bridgehead atoms. The van der Waals surface area contributed by atoms with Gasteiger partial charge >= 0.3 is 0 Å². The van der Waals surface area contributed by atoms with Gasteiger partial charge in [-0.05, 0) is 24.1 Å². The first kappa shape index (κ1) is 18.3. The van der Waals surface area contributed by atoms with E-state index < -0.39 is 11.6 Å². The minimum Gasteiger partial charge on any atom is -0.502 e. The number of amides is 1. The summed E-state index contributed by atoms with van der Waals surface area (Å²) in [5.74, 6) is -1.23. The number of phenols is 1. The maximum absolute atomic E-state index is 13.5. The lowest BCUT2D eigenvalue weighted by molar-refractivity contribution is -0.121. The summed E-state index contributed by atoms with van der Waals surface area (Å²) in [5.41, 5.74) is 0.559. The number of hydrogen-bond donors (Lipinski definition) is 2. The Labute approximate surface area is 131 Å². The molecule has 2 N–H and O–H groups in total. The second kappa shape index (κ2) is 10.0. The third-order valence-electron chi connectivity index (χ3n) is 3.56. The van der Waals surface area contributed by atoms with Gasteiger partial charge in [0.2, 0.25) is 5.91 Å². The molecule has 5 heteroatoms. The Morgan fingerprint density at radius 1 is 1.23 bits per heavy atom. The zero-order chi connectivity index (χ0) is 16.4. The zero-order valence-electron chi connectivity index (χ0n) is 13.5. The standard InChI is InChI=1S/C17H26FNO3/c1-3-4-5-6-7-8-9-16(20)19-12-13-10-14(18)17(21)15(11-13)22-2/h10-11,21H,3-9,12H2,1-2H3,(H,19,20). The van der Waals surface area contributed by atoms with Gasteiger partial charge in [-0.25, -0.2) is 4.39 Å². The number of nitrogens with one attached hydrogen (secondary N) is 1. The molecule has 4 nitrogen and oxygen atoms in total. The van der Waals surface area contributed by atoms with E-state index in [-0.39, 0.29) is 18.2 Å². The Bertz CT molecular complexity index is 477. The summed E-state index contributed by atoms with van der Waals surface area (Å²) < 4.78 is 18.3. The normalized spacial score (nSPS) is 10.5. The molecule has 1 rings (SSSR count). The Kier molecular flexibility index (Phi) is 8.33. The highest BCUT2D eigenvalue weighted by atomic mass is 19.1. The quantitative estimate of drug-likeness (QED) is 0.644. The Morgan fingerprint density at radius 2 is 1.91 bits per heavy atom. The summed E-state index contributed by atoms with van der Waals surface area (Å²) in [6.07, 6.45) is 7.29. The van der Waals surface area contributed by atoms with Gasteiger partial charge in [-0.3, -0.25) is 4.79 Å². The van der Waals surface area contributed by atoms with Gasteiger partial charge in [0.15, 0.2) is 17.3 Å². The topological polar surface area (TPSA) is 58.6 Å². The number of carbonyl (C=O) groups is 1. The number of ether oxygens (including phenoxy) is 1. The van der Waals surface area contributed by atoms with Crippen molar-refractivity contribution in [1.29, 1.82) is 0 Å². The number of unbranched alkanes of at least 4 members (excludes halogenated alkanes) is 5. The van der Waals surface area contributed by atoms with Crippen molar-refractivity contribution in [2.75, 3.05) is 7.11 Å². The van der Waals surface area contributed by atoms with Crippen molar-refractivity contribution in [2.45, 2.75) is 58.4 Å². The molecule has 1 aromatic rings. The fraction of sp³-hybridized carbons (Fsp3) is 0.588. The van der Waals surface area contributed by atoms with Crippen LogP contribution in [-0.4, -0.2) is 18.1 Å². The average Bonchev–Trinajstić information content (AvgIpc) is 2.51. The van der Waals surface area contributed by atoms with Crippen LogP contribution in [0.5, 0.6) is 11.5 Å². The minimum absolute atomic E-state index is 0.0389. The van der Waals surface area contributed by atoms with E-state index in [1.807, 2.05) is 0 Å². The second-order valence-corrected chi connectivity index (χ2v) is 5.42. The molecule has 0 aliphatic heterocycles. The number of methoxy groups -OCH3 is 1. The summed E-state index contributed by atoms with van der Waals surface area (Å²) in [4.78, 5) is 11.7. The van der Waals surface area contributed by atoms with E-state index in [1.165, 1.54) is 44.9 Å². The third kappa shape index (κ3) is 6.33. The summed E-state index contributed by atoms with van der Waals surface area (Å²) >= 11 is 0. The van der Waals surface area contributed by atoms with E-state index in [0.717, 1.165) is 12.8 Å². The fourth-order valence-electron chi connectivity index (χ4n) is 2.24. The van der Waals surface area contributed by atoms with Gasteiger partial charge in [0.25, 0.3) is 0 Å². The van der Waals surface area contributed by atoms with Crippen molar-refractivity contribution in [3.8, 4) is 11.5 Å². The van der Waals surface area contributed by atoms with E-state index >= 15 is 0 Å². The van der Waals surface area contributed by atoms with Crippen LogP contribution in [0.25, 0.3) is 0 Å². The molecule has 0 fully saturated rings. The molecule has 124 valence electrons. The molecule has 0 aromatic heterocycles. The van der Waals surface area contributed by atoms with E-state index in [2.05, 4.69) is 12.2 Å². The molecule has 0 heterocycles. The van der Waals surface area contributed by atoms with E-state index in [9.17, 15) is 14.3 Å². The van der Waals surface area contributed by atoms with Crippen LogP contribution in [-0.2, 0) is 11.3 Å². The summed E-state index contributed by atoms with van der Waals surface area (Å²) in [6, 6.07) is 2.71. The number of benzene rings is 1. The summed E-state index contributed by atoms with van der Waals surface area (Å²) in [7, 11) is 1.36. The maximum atomic E-state index is 13.5. The maximum Gasteiger partial charge on any atom is 0.220 e. The second-order valence-electron chi connectivity index (χ2n) is 5.42. The van der Waals surface area contributed by atoms with E-state index in [1.54, 1.807) is 0 Å². The third-order valence-corrected chi connectivity index (χ3v) is 3.56. The van der Waals surface area contributed by atoms with Crippen molar-refractivity contribution < 1.29 is 19.0 Å². The largest absolute Gasteiger partial charge is 0.502 e. The number of rotatable bonds is 10. The Balaban J connectivity index is 2.31. The van der Waals surface area contributed by atoms with Gasteiger partial charge in [0.05, 0.1) is 7.11 Å². The van der Waals surface area contributed by atoms with Crippen molar-refractivity contribution in [3.05, 3.63) is 23.5 Å². The number of halogens is 1. The number of phenolic OH excluding ortho intramolecular Hbond substituents is 1. The smallest absolute Gasteiger partial charge is 0.220 e. The number of aromatic hydroxyl groups is 1. The molecule has 1 aromatic carbocycles. The fourth-order valence-corrected chi connectivity index (χ4v) is 2.24. The van der Waals surface area contributed by atoms with Crippen molar-refractivity contribution in [1.82, 2.24) is 5.32 Å². The first-order chi connectivity index (χ1) is 10.6. The van der Waals surface area contributed by atoms with Gasteiger partial charge in [0.1, 0.15) is 0 Å². The minimum atomic E-state index is -0.750. The predicted octanol–water partition coefficient (Wildman–Crippen LogP) is 3.91. The summed E-state index contributed by atoms with van der Waals surface area (Å²) in [6.45, 7) is 2.40. The first-order valence-corrected chi connectivity index (χ1v) is 7.90. The van der Waals surface area contributed by atoms with Crippen LogP contribution >= 0.6 is 0 Å². The van der Waals surface area contributed by atoms with Crippen molar-refractivity contribution in [3.63, 3.8) is 0 Å². The highest BCUT2D eigenvalue weighted by Crippen LogP contribution is 2.29. The monoisotopic (exact) mass is 311 g/mol. The Hall–Kier alpha value is -1.78. The van der Waals surface area contributed by atoms with Crippen molar-refractivity contribution >= 4 is 5.91 Å². The molecule has 0 atom stereocenters. The molecular weight excluding hydrogens is 285 g/mol. The van der Waals surface area contributed by atoms with Crippen LogP contribution < -0.4 is 10.1 Å². The first-order valence-electron chi connectivity index (χ1n) is 7.90. The predicted molar refractivity (Wildman–Crippen MR) is 84.5 cm³/mol. The summed E-state index contributed by atoms with van der Waals surface area (Å²) in [5, 5.41) is 12.2. The van der Waals surface area contributed by atoms with Gasteiger partial charge in [-0.15, -0.1) is 0 Å². The van der Waals surface area contributed by atoms with Gasteiger partial charge in [-0.1, -0.05) is 39.0 Å². The molecular formula is C17H26FNO3. The number of hydrogen-bond acceptors (Lipinski definition) is 3. The number of carbonyl (C=O) groups excluding carboxylic acids is 1. The Morgan fingerprint density at radius 3 is 2.59 bits per heavy atom.